The van der Waals surface area contributed by atoms with Gasteiger partial charge in [0.05, 0.1) is 6.54 Å². The van der Waals surface area contributed by atoms with Crippen molar-refractivity contribution in [1.29, 1.82) is 0 Å². The van der Waals surface area contributed by atoms with Crippen molar-refractivity contribution in [2.75, 3.05) is 13.1 Å². The van der Waals surface area contributed by atoms with Gasteiger partial charge in [0.1, 0.15) is 0 Å². The van der Waals surface area contributed by atoms with Gasteiger partial charge in [0.15, 0.2) is 0 Å². The van der Waals surface area contributed by atoms with E-state index in [1.807, 2.05) is 100 Å². The summed E-state index contributed by atoms with van der Waals surface area (Å²) >= 11 is 0. The summed E-state index contributed by atoms with van der Waals surface area (Å²) in [7, 11) is 0. The van der Waals surface area contributed by atoms with Crippen LogP contribution in [0.5, 0.6) is 0 Å². The quantitative estimate of drug-likeness (QED) is 0.274. The summed E-state index contributed by atoms with van der Waals surface area (Å²) in [6.45, 7) is 39.1. The van der Waals surface area contributed by atoms with Gasteiger partial charge in [-0.2, -0.15) is 0 Å². The third-order valence-electron chi connectivity index (χ3n) is 3.56. The van der Waals surface area contributed by atoms with E-state index >= 15 is 0 Å². The molecule has 0 saturated carbocycles. The van der Waals surface area contributed by atoms with Gasteiger partial charge in [-0.15, -0.1) is 0 Å². The van der Waals surface area contributed by atoms with Crippen molar-refractivity contribution < 1.29 is 14.4 Å². The summed E-state index contributed by atoms with van der Waals surface area (Å²) in [6.07, 6.45) is 7.33. The zero-order valence-electron chi connectivity index (χ0n) is 28.8. The first-order valence-electron chi connectivity index (χ1n) is 14.7. The van der Waals surface area contributed by atoms with Crippen LogP contribution in [0.15, 0.2) is 24.8 Å². The third-order valence-corrected chi connectivity index (χ3v) is 3.56. The molecule has 0 aromatic carbocycles. The van der Waals surface area contributed by atoms with Crippen LogP contribution in [-0.2, 0) is 14.4 Å². The van der Waals surface area contributed by atoms with E-state index in [0.29, 0.717) is 18.4 Å². The Balaban J connectivity index is -0.0000000792. The standard InChI is InChI=1S/C14H26N2O2.C5H8.C4H10.4C2H6.CH3NO/c1-10-6-11(2)16(9-10)13(18)8-15-12(17)7-14(3,4)5;1-3-5-4-2;1-4(2)3;4*1-2;2-1-3/h10-11H,6-9H2,1-5H3,(H,15,17);3-5H,1H2,2H3;4H,1-3H3;4*1-2H3;1H,(H2,2,3)/b;5-4-;;;;;;/t10-,11+;;;;;;;/m0......./s1. The molecule has 3 amide bonds. The van der Waals surface area contributed by atoms with Crippen LogP contribution in [0.25, 0.3) is 0 Å². The summed E-state index contributed by atoms with van der Waals surface area (Å²) in [4.78, 5) is 34.1. The summed E-state index contributed by atoms with van der Waals surface area (Å²) in [5, 5.41) is 2.72. The maximum Gasteiger partial charge on any atom is 0.242 e. The number of carbonyl (C=O) groups excluding carboxylic acids is 3. The molecule has 2 atom stereocenters. The Morgan fingerprint density at radius 1 is 1.00 bits per heavy atom. The maximum atomic E-state index is 12.0. The Bertz CT molecular complexity index is 508. The van der Waals surface area contributed by atoms with Crippen LogP contribution in [0, 0.1) is 17.3 Å². The molecule has 0 aromatic heterocycles. The Labute approximate surface area is 240 Å². The van der Waals surface area contributed by atoms with Gasteiger partial charge < -0.3 is 16.0 Å². The predicted molar refractivity (Wildman–Crippen MR) is 173 cm³/mol. The first-order chi connectivity index (χ1) is 17.7. The molecular formula is C32H71N3O3. The lowest BCUT2D eigenvalue weighted by Crippen LogP contribution is -2.42. The van der Waals surface area contributed by atoms with Gasteiger partial charge in [0.2, 0.25) is 18.2 Å². The Morgan fingerprint density at radius 3 is 1.58 bits per heavy atom. The molecule has 1 fully saturated rings. The molecule has 0 radical (unpaired) electrons. The van der Waals surface area contributed by atoms with Gasteiger partial charge in [0.25, 0.3) is 0 Å². The largest absolute Gasteiger partial charge is 0.372 e. The average molecular weight is 546 g/mol. The van der Waals surface area contributed by atoms with E-state index in [1.165, 1.54) is 0 Å². The lowest BCUT2D eigenvalue weighted by atomic mass is 9.92. The van der Waals surface area contributed by atoms with E-state index in [0.717, 1.165) is 18.9 Å². The molecule has 3 N–H and O–H groups in total. The van der Waals surface area contributed by atoms with Crippen LogP contribution in [0.2, 0.25) is 0 Å². The van der Waals surface area contributed by atoms with Gasteiger partial charge in [0, 0.05) is 19.0 Å². The number of hydrogen-bond donors (Lipinski definition) is 2. The SMILES string of the molecule is C=C/C=C\C.CC.CC.CC.CC.CC(C)C.C[C@H]1C[C@@H](C)N(C(=O)CNC(=O)CC(C)(C)C)C1.NC=O. The van der Waals surface area contributed by atoms with Gasteiger partial charge in [-0.3, -0.25) is 14.4 Å². The number of hydrogen-bond acceptors (Lipinski definition) is 3. The second kappa shape index (κ2) is 42.0. The molecule has 0 bridgehead atoms. The zero-order chi connectivity index (χ0) is 32.3. The summed E-state index contributed by atoms with van der Waals surface area (Å²) in [5.74, 6) is 1.39. The molecule has 1 heterocycles. The number of likely N-dealkylation sites (tertiary alicyclic amines) is 1. The highest BCUT2D eigenvalue weighted by Gasteiger charge is 2.29. The minimum absolute atomic E-state index is 0.0362. The molecule has 0 spiro atoms. The van der Waals surface area contributed by atoms with Crippen LogP contribution in [0.1, 0.15) is 131 Å². The topological polar surface area (TPSA) is 92.5 Å². The molecular weight excluding hydrogens is 474 g/mol. The zero-order valence-corrected chi connectivity index (χ0v) is 28.8. The smallest absolute Gasteiger partial charge is 0.242 e. The molecule has 38 heavy (non-hydrogen) atoms. The minimum Gasteiger partial charge on any atom is -0.372 e. The van der Waals surface area contributed by atoms with Gasteiger partial charge in [-0.1, -0.05) is 129 Å². The molecule has 1 rings (SSSR count). The monoisotopic (exact) mass is 546 g/mol. The second-order valence-corrected chi connectivity index (χ2v) is 9.38. The maximum absolute atomic E-state index is 12.0. The molecule has 1 saturated heterocycles. The van der Waals surface area contributed by atoms with Crippen molar-refractivity contribution in [3.8, 4) is 0 Å². The number of carbonyl (C=O) groups is 3. The molecule has 6 heteroatoms. The van der Waals surface area contributed by atoms with Crippen LogP contribution >= 0.6 is 0 Å². The number of primary amides is 1. The van der Waals surface area contributed by atoms with Crippen molar-refractivity contribution in [3.05, 3.63) is 24.8 Å². The second-order valence-electron chi connectivity index (χ2n) is 9.38. The summed E-state index contributed by atoms with van der Waals surface area (Å²) < 4.78 is 0. The van der Waals surface area contributed by atoms with E-state index in [9.17, 15) is 9.59 Å². The van der Waals surface area contributed by atoms with E-state index in [2.05, 4.69) is 52.2 Å². The minimum atomic E-state index is -0.0456. The third kappa shape index (κ3) is 54.7. The van der Waals surface area contributed by atoms with Crippen LogP contribution in [0.3, 0.4) is 0 Å². The van der Waals surface area contributed by atoms with E-state index in [1.54, 1.807) is 6.08 Å². The fraction of sp³-hybridized carbons (Fsp3) is 0.781. The van der Waals surface area contributed by atoms with E-state index < -0.39 is 0 Å². The molecule has 0 aromatic rings. The van der Waals surface area contributed by atoms with Crippen LogP contribution < -0.4 is 11.1 Å². The number of amides is 3. The van der Waals surface area contributed by atoms with Gasteiger partial charge >= 0.3 is 0 Å². The predicted octanol–water partition coefficient (Wildman–Crippen LogP) is 8.41. The highest BCUT2D eigenvalue weighted by atomic mass is 16.2. The highest BCUT2D eigenvalue weighted by molar-refractivity contribution is 5.85. The fourth-order valence-corrected chi connectivity index (χ4v) is 2.60. The van der Waals surface area contributed by atoms with E-state index in [4.69, 9.17) is 4.79 Å². The first-order valence-corrected chi connectivity index (χ1v) is 14.7. The van der Waals surface area contributed by atoms with Gasteiger partial charge in [-0.25, -0.2) is 0 Å². The van der Waals surface area contributed by atoms with Crippen molar-refractivity contribution in [3.63, 3.8) is 0 Å². The fourth-order valence-electron chi connectivity index (χ4n) is 2.60. The lowest BCUT2D eigenvalue weighted by molar-refractivity contribution is -0.133. The van der Waals surface area contributed by atoms with Crippen molar-refractivity contribution in [2.45, 2.75) is 137 Å². The van der Waals surface area contributed by atoms with Crippen molar-refractivity contribution >= 4 is 18.2 Å². The highest BCUT2D eigenvalue weighted by Crippen LogP contribution is 2.22. The summed E-state index contributed by atoms with van der Waals surface area (Å²) in [5.41, 5.74) is 4.13. The average Bonchev–Trinajstić information content (AvgIpc) is 3.20. The Kier molecular flexibility index (Phi) is 57.9. The molecule has 0 aliphatic carbocycles. The number of nitrogens with zero attached hydrogens (tertiary/aromatic N) is 1. The number of nitrogens with two attached hydrogens (primary N) is 1. The molecule has 232 valence electrons. The lowest BCUT2D eigenvalue weighted by Gasteiger charge is -2.22. The van der Waals surface area contributed by atoms with Crippen molar-refractivity contribution in [2.24, 2.45) is 23.0 Å². The van der Waals surface area contributed by atoms with Gasteiger partial charge in [-0.05, 0) is 37.5 Å². The number of rotatable bonds is 4. The van der Waals surface area contributed by atoms with Crippen molar-refractivity contribution in [1.82, 2.24) is 10.2 Å². The Morgan fingerprint density at radius 2 is 1.37 bits per heavy atom. The molecule has 1 aliphatic heterocycles. The normalized spacial score (nSPS) is 14.5. The first kappa shape index (κ1) is 52.3. The van der Waals surface area contributed by atoms with E-state index in [-0.39, 0.29) is 30.2 Å². The Hall–Kier alpha value is -2.11. The molecule has 6 nitrogen and oxygen atoms in total. The number of allylic oxidation sites excluding steroid dienone is 3. The molecule has 1 aliphatic rings. The molecule has 0 unspecified atom stereocenters. The van der Waals surface area contributed by atoms with Crippen LogP contribution in [0.4, 0.5) is 0 Å². The summed E-state index contributed by atoms with van der Waals surface area (Å²) in [6, 6.07) is 0.298. The number of nitrogens with one attached hydrogen (secondary N) is 1. The van der Waals surface area contributed by atoms with Crippen LogP contribution in [-0.4, -0.2) is 42.3 Å².